The van der Waals surface area contributed by atoms with Gasteiger partial charge in [-0.2, -0.15) is 8.42 Å². The summed E-state index contributed by atoms with van der Waals surface area (Å²) < 4.78 is 28.3. The third kappa shape index (κ3) is 4.36. The van der Waals surface area contributed by atoms with Crippen LogP contribution in [0.4, 0.5) is 0 Å². The Bertz CT molecular complexity index is 665. The van der Waals surface area contributed by atoms with E-state index in [-0.39, 0.29) is 11.6 Å². The van der Waals surface area contributed by atoms with Crippen LogP contribution in [0, 0.1) is 0 Å². The Kier molecular flexibility index (Phi) is 4.54. The number of hydrogen-bond donors (Lipinski definition) is 1. The normalized spacial score (nSPS) is 12.9. The molecule has 0 radical (unpaired) electrons. The minimum Gasteiger partial charge on any atom is -0.289 e. The number of carbonyl (C=O) groups excluding carboxylic acids is 2. The first-order valence-electron chi connectivity index (χ1n) is 4.74. The van der Waals surface area contributed by atoms with Crippen molar-refractivity contribution in [3.05, 3.63) is 58.0 Å². The van der Waals surface area contributed by atoms with Crippen molar-refractivity contribution in [2.75, 3.05) is 0 Å². The predicted molar refractivity (Wildman–Crippen MR) is 64.9 cm³/mol. The molecule has 0 saturated carbocycles. The van der Waals surface area contributed by atoms with Crippen LogP contribution < -0.4 is 0 Å². The summed E-state index contributed by atoms with van der Waals surface area (Å²) in [5.41, 5.74) is 8.33. The van der Waals surface area contributed by atoms with Gasteiger partial charge in [0, 0.05) is 16.0 Å². The highest BCUT2D eigenvalue weighted by Crippen LogP contribution is 2.15. The molecule has 8 nitrogen and oxygen atoms in total. The average molecular weight is 281 g/mol. The molecular weight excluding hydrogens is 274 g/mol. The Morgan fingerprint density at radius 2 is 1.47 bits per heavy atom. The molecule has 1 aliphatic rings. The molecule has 9 heteroatoms. The van der Waals surface area contributed by atoms with Crippen LogP contribution in [0.15, 0.2) is 40.9 Å². The molecule has 0 heterocycles. The van der Waals surface area contributed by atoms with Crippen molar-refractivity contribution in [2.24, 2.45) is 4.52 Å². The number of carbonyl (C=O) groups is 2. The van der Waals surface area contributed by atoms with Gasteiger partial charge in [-0.05, 0) is 17.7 Å². The van der Waals surface area contributed by atoms with Crippen molar-refractivity contribution >= 4 is 21.9 Å². The van der Waals surface area contributed by atoms with Crippen molar-refractivity contribution in [1.29, 1.82) is 0 Å². The summed E-state index contributed by atoms with van der Waals surface area (Å²) in [7, 11) is -4.47. The minimum absolute atomic E-state index is 0.0924. The molecule has 1 aromatic rings. The van der Waals surface area contributed by atoms with Crippen LogP contribution in [0.25, 0.3) is 10.4 Å². The van der Waals surface area contributed by atoms with Gasteiger partial charge in [-0.15, -0.1) is 0 Å². The number of hydrogen-bond acceptors (Lipinski definition) is 4. The third-order valence-electron chi connectivity index (χ3n) is 1.98. The summed E-state index contributed by atoms with van der Waals surface area (Å²) in [6.45, 7) is 0. The first-order valence-corrected chi connectivity index (χ1v) is 6.14. The Morgan fingerprint density at radius 1 is 1.05 bits per heavy atom. The van der Waals surface area contributed by atoms with Crippen molar-refractivity contribution in [2.45, 2.75) is 0 Å². The van der Waals surface area contributed by atoms with E-state index in [1.165, 1.54) is 12.2 Å². The minimum atomic E-state index is -4.47. The van der Waals surface area contributed by atoms with Gasteiger partial charge in [-0.3, -0.25) is 14.1 Å². The molecule has 1 N–H and O–H groups in total. The largest absolute Gasteiger partial charge is 0.356 e. The molecule has 0 atom stereocenters. The lowest BCUT2D eigenvalue weighted by molar-refractivity contribution is 0.0994. The zero-order chi connectivity index (χ0) is 14.5. The fourth-order valence-corrected chi connectivity index (χ4v) is 1.38. The van der Waals surface area contributed by atoms with Crippen molar-refractivity contribution in [3.63, 3.8) is 0 Å². The second-order valence-corrected chi connectivity index (χ2v) is 4.29. The van der Waals surface area contributed by atoms with Gasteiger partial charge in [-0.1, -0.05) is 24.3 Å². The molecule has 0 amide bonds. The lowest BCUT2D eigenvalue weighted by Crippen LogP contribution is -2.10. The maximum Gasteiger partial charge on any atom is 0.356 e. The first kappa shape index (κ1) is 14.6. The molecule has 2 rings (SSSR count). The second kappa shape index (κ2) is 5.91. The lowest BCUT2D eigenvalue weighted by Gasteiger charge is -2.06. The SMILES string of the molecule is O=C1C=CC(=O)c2ccccc21.[N-]=[N+]=NS(=O)(=O)O. The first-order chi connectivity index (χ1) is 8.85. The van der Waals surface area contributed by atoms with Gasteiger partial charge >= 0.3 is 10.3 Å². The highest BCUT2D eigenvalue weighted by Gasteiger charge is 2.16. The van der Waals surface area contributed by atoms with Crippen LogP contribution in [0.5, 0.6) is 0 Å². The number of allylic oxidation sites excluding steroid dienone is 2. The van der Waals surface area contributed by atoms with Crippen LogP contribution >= 0.6 is 0 Å². The van der Waals surface area contributed by atoms with Crippen molar-refractivity contribution in [1.82, 2.24) is 0 Å². The Balaban J connectivity index is 0.000000224. The van der Waals surface area contributed by atoms with E-state index in [4.69, 9.17) is 10.1 Å². The number of rotatable bonds is 1. The van der Waals surface area contributed by atoms with Crippen molar-refractivity contribution < 1.29 is 22.6 Å². The molecule has 0 unspecified atom stereocenters. The zero-order valence-corrected chi connectivity index (χ0v) is 10.1. The fourth-order valence-electron chi connectivity index (χ4n) is 1.29. The van der Waals surface area contributed by atoms with Crippen molar-refractivity contribution in [3.8, 4) is 0 Å². The van der Waals surface area contributed by atoms with E-state index in [1.807, 2.05) is 4.52 Å². The molecule has 98 valence electrons. The summed E-state index contributed by atoms with van der Waals surface area (Å²) >= 11 is 0. The monoisotopic (exact) mass is 281 g/mol. The van der Waals surface area contributed by atoms with Crippen LogP contribution in [0.2, 0.25) is 0 Å². The van der Waals surface area contributed by atoms with Gasteiger partial charge in [0.2, 0.25) is 0 Å². The topological polar surface area (TPSA) is 137 Å². The zero-order valence-electron chi connectivity index (χ0n) is 9.29. The molecule has 1 aromatic carbocycles. The van der Waals surface area contributed by atoms with E-state index in [2.05, 4.69) is 0 Å². The molecule has 0 bridgehead atoms. The molecule has 1 aliphatic carbocycles. The Labute approximate surface area is 107 Å². The highest BCUT2D eigenvalue weighted by molar-refractivity contribution is 7.84. The summed E-state index contributed by atoms with van der Waals surface area (Å²) in [6.07, 6.45) is 2.62. The highest BCUT2D eigenvalue weighted by atomic mass is 32.2. The van der Waals surface area contributed by atoms with E-state index in [1.54, 1.807) is 29.2 Å². The number of benzene rings is 1. The fraction of sp³-hybridized carbons (Fsp3) is 0. The van der Waals surface area contributed by atoms with Crippen LogP contribution in [0.3, 0.4) is 0 Å². The lowest BCUT2D eigenvalue weighted by atomic mass is 9.95. The van der Waals surface area contributed by atoms with Crippen LogP contribution in [-0.4, -0.2) is 24.5 Å². The summed E-state index contributed by atoms with van der Waals surface area (Å²) in [5.74, 6) is -0.185. The predicted octanol–water partition coefficient (Wildman–Crippen LogP) is 1.72. The number of fused-ring (bicyclic) bond motifs is 1. The van der Waals surface area contributed by atoms with Gasteiger partial charge < -0.3 is 0 Å². The van der Waals surface area contributed by atoms with E-state index < -0.39 is 10.3 Å². The van der Waals surface area contributed by atoms with Gasteiger partial charge in [0.15, 0.2) is 11.6 Å². The van der Waals surface area contributed by atoms with Gasteiger partial charge in [0.1, 0.15) is 0 Å². The quantitative estimate of drug-likeness (QED) is 0.361. The van der Waals surface area contributed by atoms with E-state index in [9.17, 15) is 18.0 Å². The summed E-state index contributed by atoms with van der Waals surface area (Å²) in [6, 6.07) is 6.84. The number of ketones is 2. The Hall–Kier alpha value is -2.48. The van der Waals surface area contributed by atoms with E-state index in [0.717, 1.165) is 0 Å². The van der Waals surface area contributed by atoms with Crippen LogP contribution in [0.1, 0.15) is 20.7 Å². The average Bonchev–Trinajstić information content (AvgIpc) is 2.34. The van der Waals surface area contributed by atoms with Gasteiger partial charge in [-0.25, -0.2) is 0 Å². The number of nitrogens with zero attached hydrogens (tertiary/aromatic N) is 3. The molecule has 0 aromatic heterocycles. The summed E-state index contributed by atoms with van der Waals surface area (Å²) in [4.78, 5) is 24.2. The van der Waals surface area contributed by atoms with Gasteiger partial charge in [0.05, 0.1) is 4.52 Å². The molecular formula is C10H7N3O5S. The van der Waals surface area contributed by atoms with Gasteiger partial charge in [0.25, 0.3) is 0 Å². The maximum atomic E-state index is 11.2. The Morgan fingerprint density at radius 3 is 1.74 bits per heavy atom. The van der Waals surface area contributed by atoms with Crippen LogP contribution in [-0.2, 0) is 10.3 Å². The molecule has 19 heavy (non-hydrogen) atoms. The molecule has 0 fully saturated rings. The standard InChI is InChI=1S/C10H6O2.HN3O3S/c11-9-5-6-10(12)8-4-2-1-3-7(8)9;1-2-3-7(4,5)6/h1-6H;(H,4,5,6). The second-order valence-electron chi connectivity index (χ2n) is 3.23. The maximum absolute atomic E-state index is 11.2. The third-order valence-corrected chi connectivity index (χ3v) is 2.26. The molecule has 0 aliphatic heterocycles. The van der Waals surface area contributed by atoms with E-state index >= 15 is 0 Å². The molecule has 0 saturated heterocycles. The smallest absolute Gasteiger partial charge is 0.289 e. The molecule has 0 spiro atoms. The number of azide groups is 1. The summed E-state index contributed by atoms with van der Waals surface area (Å²) in [5, 5.41) is 0. The van der Waals surface area contributed by atoms with E-state index in [0.29, 0.717) is 11.1 Å².